The van der Waals surface area contributed by atoms with Crippen molar-refractivity contribution in [3.8, 4) is 0 Å². The number of nitrogens with one attached hydrogen (secondary N) is 1. The molecule has 1 aromatic rings. The van der Waals surface area contributed by atoms with E-state index in [4.69, 9.17) is 9.84 Å². The first-order valence-corrected chi connectivity index (χ1v) is 7.79. The zero-order valence-electron chi connectivity index (χ0n) is 13.7. The predicted octanol–water partition coefficient (Wildman–Crippen LogP) is 0.964. The van der Waals surface area contributed by atoms with Gasteiger partial charge in [0.05, 0.1) is 24.1 Å². The van der Waals surface area contributed by atoms with Crippen LogP contribution in [0.15, 0.2) is 18.5 Å². The SMILES string of the molecule is CCOC1CC(NC(=O)N(C)CC(C)C(=O)O)C1n1cccn1. The Labute approximate surface area is 135 Å². The van der Waals surface area contributed by atoms with Gasteiger partial charge in [-0.15, -0.1) is 0 Å². The molecule has 8 nitrogen and oxygen atoms in total. The van der Waals surface area contributed by atoms with Crippen LogP contribution in [0.3, 0.4) is 0 Å². The predicted molar refractivity (Wildman–Crippen MR) is 83.0 cm³/mol. The topological polar surface area (TPSA) is 96.7 Å². The number of carbonyl (C=O) groups excluding carboxylic acids is 1. The van der Waals surface area contributed by atoms with E-state index in [1.807, 2.05) is 19.2 Å². The molecule has 1 fully saturated rings. The van der Waals surface area contributed by atoms with Gasteiger partial charge in [-0.25, -0.2) is 4.79 Å². The highest BCUT2D eigenvalue weighted by Crippen LogP contribution is 2.35. The maximum absolute atomic E-state index is 12.2. The van der Waals surface area contributed by atoms with E-state index in [1.165, 1.54) is 4.90 Å². The summed E-state index contributed by atoms with van der Waals surface area (Å²) < 4.78 is 7.48. The molecule has 0 spiro atoms. The Morgan fingerprint density at radius 2 is 2.30 bits per heavy atom. The van der Waals surface area contributed by atoms with Crippen LogP contribution in [0.4, 0.5) is 4.79 Å². The van der Waals surface area contributed by atoms with E-state index in [1.54, 1.807) is 24.9 Å². The molecule has 8 heteroatoms. The fraction of sp³-hybridized carbons (Fsp3) is 0.667. The van der Waals surface area contributed by atoms with Crippen LogP contribution in [0, 0.1) is 5.92 Å². The molecule has 0 saturated heterocycles. The van der Waals surface area contributed by atoms with Gasteiger partial charge in [-0.1, -0.05) is 6.92 Å². The fourth-order valence-electron chi connectivity index (χ4n) is 2.77. The van der Waals surface area contributed by atoms with E-state index in [0.29, 0.717) is 13.0 Å². The van der Waals surface area contributed by atoms with Gasteiger partial charge in [0.25, 0.3) is 0 Å². The molecule has 2 amide bonds. The van der Waals surface area contributed by atoms with E-state index < -0.39 is 11.9 Å². The van der Waals surface area contributed by atoms with Crippen LogP contribution < -0.4 is 5.32 Å². The van der Waals surface area contributed by atoms with Crippen LogP contribution in [0.2, 0.25) is 0 Å². The zero-order chi connectivity index (χ0) is 17.0. The summed E-state index contributed by atoms with van der Waals surface area (Å²) in [7, 11) is 1.59. The summed E-state index contributed by atoms with van der Waals surface area (Å²) in [6, 6.07) is 1.43. The first kappa shape index (κ1) is 17.3. The van der Waals surface area contributed by atoms with E-state index in [9.17, 15) is 9.59 Å². The molecule has 0 aromatic carbocycles. The van der Waals surface area contributed by atoms with Crippen molar-refractivity contribution in [2.24, 2.45) is 5.92 Å². The van der Waals surface area contributed by atoms with Gasteiger partial charge in [0.1, 0.15) is 0 Å². The Morgan fingerprint density at radius 1 is 1.57 bits per heavy atom. The highest BCUT2D eigenvalue weighted by atomic mass is 16.5. The lowest BCUT2D eigenvalue weighted by Crippen LogP contribution is -2.59. The molecule has 1 saturated carbocycles. The zero-order valence-corrected chi connectivity index (χ0v) is 13.7. The van der Waals surface area contributed by atoms with Gasteiger partial charge in [-0.2, -0.15) is 5.10 Å². The van der Waals surface area contributed by atoms with Crippen LogP contribution in [0.25, 0.3) is 0 Å². The molecule has 2 N–H and O–H groups in total. The van der Waals surface area contributed by atoms with Crippen molar-refractivity contribution in [2.75, 3.05) is 20.2 Å². The van der Waals surface area contributed by atoms with Crippen LogP contribution in [0.5, 0.6) is 0 Å². The smallest absolute Gasteiger partial charge is 0.317 e. The highest BCUT2D eigenvalue weighted by Gasteiger charge is 2.44. The molecule has 1 aromatic heterocycles. The second-order valence-corrected chi connectivity index (χ2v) is 5.88. The number of carbonyl (C=O) groups is 2. The van der Waals surface area contributed by atoms with Gasteiger partial charge in [0, 0.05) is 32.6 Å². The van der Waals surface area contributed by atoms with E-state index >= 15 is 0 Å². The lowest BCUT2D eigenvalue weighted by atomic mass is 9.82. The Balaban J connectivity index is 1.93. The molecular weight excluding hydrogens is 300 g/mol. The maximum Gasteiger partial charge on any atom is 0.317 e. The molecule has 4 atom stereocenters. The minimum absolute atomic E-state index is 0.0217. The van der Waals surface area contributed by atoms with Crippen LogP contribution in [-0.2, 0) is 9.53 Å². The van der Waals surface area contributed by atoms with Crippen molar-refractivity contribution >= 4 is 12.0 Å². The number of nitrogens with zero attached hydrogens (tertiary/aromatic N) is 3. The second-order valence-electron chi connectivity index (χ2n) is 5.88. The molecular formula is C15H24N4O4. The summed E-state index contributed by atoms with van der Waals surface area (Å²) >= 11 is 0. The largest absolute Gasteiger partial charge is 0.481 e. The van der Waals surface area contributed by atoms with Crippen molar-refractivity contribution < 1.29 is 19.4 Å². The average molecular weight is 324 g/mol. The van der Waals surface area contributed by atoms with Crippen molar-refractivity contribution in [1.29, 1.82) is 0 Å². The molecule has 1 aliphatic rings. The summed E-state index contributed by atoms with van der Waals surface area (Å²) in [6.45, 7) is 4.29. The maximum atomic E-state index is 12.2. The number of carboxylic acids is 1. The number of urea groups is 1. The van der Waals surface area contributed by atoms with Gasteiger partial charge < -0.3 is 20.1 Å². The number of ether oxygens (including phenoxy) is 1. The van der Waals surface area contributed by atoms with Crippen molar-refractivity contribution in [1.82, 2.24) is 20.0 Å². The minimum atomic E-state index is -0.917. The first-order valence-electron chi connectivity index (χ1n) is 7.79. The molecule has 1 aliphatic carbocycles. The molecule has 0 radical (unpaired) electrons. The molecule has 128 valence electrons. The lowest BCUT2D eigenvalue weighted by Gasteiger charge is -2.44. The molecule has 1 heterocycles. The number of hydrogen-bond acceptors (Lipinski definition) is 4. The fourth-order valence-corrected chi connectivity index (χ4v) is 2.77. The summed E-state index contributed by atoms with van der Waals surface area (Å²) in [4.78, 5) is 24.5. The van der Waals surface area contributed by atoms with Crippen molar-refractivity contribution in [3.63, 3.8) is 0 Å². The molecule has 0 bridgehead atoms. The molecule has 2 rings (SSSR count). The molecule has 0 aliphatic heterocycles. The third-order valence-corrected chi connectivity index (χ3v) is 4.12. The summed E-state index contributed by atoms with van der Waals surface area (Å²) in [6.07, 6.45) is 4.28. The number of hydrogen-bond donors (Lipinski definition) is 2. The van der Waals surface area contributed by atoms with Gasteiger partial charge in [0.15, 0.2) is 0 Å². The van der Waals surface area contributed by atoms with E-state index in [0.717, 1.165) is 0 Å². The quantitative estimate of drug-likeness (QED) is 0.779. The van der Waals surface area contributed by atoms with Gasteiger partial charge in [0.2, 0.25) is 0 Å². The first-order chi connectivity index (χ1) is 10.9. The average Bonchev–Trinajstić information content (AvgIpc) is 2.98. The number of carboxylic acid groups (broad SMARTS) is 1. The van der Waals surface area contributed by atoms with Gasteiger partial charge in [-0.05, 0) is 19.4 Å². The summed E-state index contributed by atoms with van der Waals surface area (Å²) in [5.41, 5.74) is 0. The Morgan fingerprint density at radius 3 is 2.87 bits per heavy atom. The van der Waals surface area contributed by atoms with E-state index in [2.05, 4.69) is 10.4 Å². The third kappa shape index (κ3) is 4.01. The standard InChI is InChI=1S/C15H24N4O4/c1-4-23-12-8-11(13(12)19-7-5-6-16-19)17-15(22)18(3)9-10(2)14(20)21/h5-7,10-13H,4,8-9H2,1-3H3,(H,17,22)(H,20,21). The van der Waals surface area contributed by atoms with Crippen LogP contribution in [-0.4, -0.2) is 64.1 Å². The number of aromatic nitrogens is 2. The normalized spacial score (nSPS) is 24.6. The Kier molecular flexibility index (Phi) is 5.59. The third-order valence-electron chi connectivity index (χ3n) is 4.12. The highest BCUT2D eigenvalue weighted by molar-refractivity contribution is 5.76. The Hall–Kier alpha value is -2.09. The number of rotatable bonds is 7. The monoisotopic (exact) mass is 324 g/mol. The summed E-state index contributed by atoms with van der Waals surface area (Å²) in [5, 5.41) is 16.1. The number of aliphatic carboxylic acids is 1. The molecule has 23 heavy (non-hydrogen) atoms. The van der Waals surface area contributed by atoms with E-state index in [-0.39, 0.29) is 30.8 Å². The van der Waals surface area contributed by atoms with Gasteiger partial charge in [-0.3, -0.25) is 9.48 Å². The van der Waals surface area contributed by atoms with Crippen molar-refractivity contribution in [3.05, 3.63) is 18.5 Å². The van der Waals surface area contributed by atoms with Gasteiger partial charge >= 0.3 is 12.0 Å². The van der Waals surface area contributed by atoms with Crippen LogP contribution in [0.1, 0.15) is 26.3 Å². The van der Waals surface area contributed by atoms with Crippen LogP contribution >= 0.6 is 0 Å². The molecule has 4 unspecified atom stereocenters. The Bertz CT molecular complexity index is 534. The summed E-state index contributed by atoms with van der Waals surface area (Å²) in [5.74, 6) is -1.52. The minimum Gasteiger partial charge on any atom is -0.481 e. The number of amides is 2. The van der Waals surface area contributed by atoms with Crippen molar-refractivity contribution in [2.45, 2.75) is 38.5 Å². The lowest BCUT2D eigenvalue weighted by molar-refractivity contribution is -0.141. The second kappa shape index (κ2) is 7.45.